The Morgan fingerprint density at radius 2 is 1.94 bits per heavy atom. The third-order valence-electron chi connectivity index (χ3n) is 6.34. The Labute approximate surface area is 203 Å². The van der Waals surface area contributed by atoms with E-state index in [0.717, 1.165) is 29.7 Å². The van der Waals surface area contributed by atoms with E-state index in [1.165, 1.54) is 47.0 Å². The molecule has 33 heavy (non-hydrogen) atoms. The number of carbonyl (C=O) groups is 2. The number of nitrogens with zero attached hydrogens (tertiary/aromatic N) is 1. The van der Waals surface area contributed by atoms with Gasteiger partial charge in [-0.3, -0.25) is 4.79 Å². The zero-order chi connectivity index (χ0) is 23.8. The molecule has 2 heterocycles. The first-order valence-corrected chi connectivity index (χ1v) is 13.6. The predicted molar refractivity (Wildman–Crippen MR) is 128 cm³/mol. The van der Waals surface area contributed by atoms with Crippen LogP contribution in [0.15, 0.2) is 29.2 Å². The average Bonchev–Trinajstić information content (AvgIpc) is 3.15. The van der Waals surface area contributed by atoms with E-state index in [0.29, 0.717) is 40.9 Å². The van der Waals surface area contributed by atoms with Crippen LogP contribution < -0.4 is 5.32 Å². The molecule has 2 aromatic rings. The molecule has 2 atom stereocenters. The molecule has 7 nitrogen and oxygen atoms in total. The van der Waals surface area contributed by atoms with Crippen molar-refractivity contribution in [2.45, 2.75) is 43.9 Å². The maximum atomic E-state index is 13.2. The average molecular weight is 511 g/mol. The van der Waals surface area contributed by atoms with Crippen molar-refractivity contribution in [3.8, 4) is 0 Å². The van der Waals surface area contributed by atoms with E-state index in [1.54, 1.807) is 0 Å². The molecule has 10 heteroatoms. The number of thiophene rings is 1. The number of nitrogens with one attached hydrogen (secondary N) is 1. The number of carbonyl (C=O) groups excluding carboxylic acids is 2. The van der Waals surface area contributed by atoms with Gasteiger partial charge in [0, 0.05) is 23.0 Å². The van der Waals surface area contributed by atoms with Crippen LogP contribution in [0.4, 0.5) is 5.00 Å². The molecular formula is C23H27ClN2O5S2. The molecule has 0 spiro atoms. The lowest BCUT2D eigenvalue weighted by atomic mass is 9.88. The Balaban J connectivity index is 1.53. The molecule has 1 amide bonds. The number of esters is 1. The Kier molecular flexibility index (Phi) is 7.14. The summed E-state index contributed by atoms with van der Waals surface area (Å²) in [6.07, 6.45) is 3.79. The standard InChI is InChI=1S/C23H27ClN2O5S2/c1-14-5-10-18-19(12-14)32-22(20(18)23(28)31-2)25-21(27)15-4-3-11-26(13-15)33(29,30)17-8-6-16(24)7-9-17/h6-9,14-15H,3-5,10-13H2,1-2H3,(H,25,27). The van der Waals surface area contributed by atoms with Crippen LogP contribution in [0.2, 0.25) is 5.02 Å². The van der Waals surface area contributed by atoms with Crippen molar-refractivity contribution < 1.29 is 22.7 Å². The highest BCUT2D eigenvalue weighted by Gasteiger charge is 2.35. The van der Waals surface area contributed by atoms with Gasteiger partial charge in [-0.15, -0.1) is 11.3 Å². The van der Waals surface area contributed by atoms with Gasteiger partial charge in [0.2, 0.25) is 15.9 Å². The lowest BCUT2D eigenvalue weighted by Gasteiger charge is -2.31. The van der Waals surface area contributed by atoms with Crippen molar-refractivity contribution in [3.05, 3.63) is 45.3 Å². The minimum absolute atomic E-state index is 0.0898. The third kappa shape index (κ3) is 4.96. The van der Waals surface area contributed by atoms with Crippen LogP contribution in [0.5, 0.6) is 0 Å². The number of benzene rings is 1. The highest BCUT2D eigenvalue weighted by Crippen LogP contribution is 2.40. The molecule has 1 fully saturated rings. The van der Waals surface area contributed by atoms with E-state index in [9.17, 15) is 18.0 Å². The van der Waals surface area contributed by atoms with E-state index in [4.69, 9.17) is 16.3 Å². The van der Waals surface area contributed by atoms with Gasteiger partial charge in [-0.25, -0.2) is 13.2 Å². The summed E-state index contributed by atoms with van der Waals surface area (Å²) in [7, 11) is -2.39. The van der Waals surface area contributed by atoms with Crippen LogP contribution >= 0.6 is 22.9 Å². The molecule has 1 aliphatic heterocycles. The molecular weight excluding hydrogens is 484 g/mol. The molecule has 0 radical (unpaired) electrons. The highest BCUT2D eigenvalue weighted by molar-refractivity contribution is 7.89. The van der Waals surface area contributed by atoms with E-state index in [2.05, 4.69) is 12.2 Å². The molecule has 1 aliphatic carbocycles. The van der Waals surface area contributed by atoms with E-state index >= 15 is 0 Å². The van der Waals surface area contributed by atoms with Crippen molar-refractivity contribution in [3.63, 3.8) is 0 Å². The summed E-state index contributed by atoms with van der Waals surface area (Å²) in [5.74, 6) is -0.713. The quantitative estimate of drug-likeness (QED) is 0.603. The molecule has 178 valence electrons. The van der Waals surface area contributed by atoms with Crippen molar-refractivity contribution in [2.75, 3.05) is 25.5 Å². The maximum Gasteiger partial charge on any atom is 0.341 e. The number of amides is 1. The van der Waals surface area contributed by atoms with Crippen LogP contribution in [-0.2, 0) is 32.4 Å². The summed E-state index contributed by atoms with van der Waals surface area (Å²) in [6, 6.07) is 6.02. The van der Waals surface area contributed by atoms with E-state index < -0.39 is 21.9 Å². The fraction of sp³-hybridized carbons (Fsp3) is 0.478. The summed E-state index contributed by atoms with van der Waals surface area (Å²) in [5.41, 5.74) is 1.41. The predicted octanol–water partition coefficient (Wildman–Crippen LogP) is 4.35. The summed E-state index contributed by atoms with van der Waals surface area (Å²) in [5, 5.41) is 3.89. The number of piperidine rings is 1. The number of halogens is 1. The Bertz CT molecular complexity index is 1160. The molecule has 1 aromatic carbocycles. The van der Waals surface area contributed by atoms with Gasteiger partial charge in [-0.05, 0) is 67.9 Å². The van der Waals surface area contributed by atoms with Crippen molar-refractivity contribution in [1.29, 1.82) is 0 Å². The van der Waals surface area contributed by atoms with Gasteiger partial charge in [-0.1, -0.05) is 18.5 Å². The number of rotatable bonds is 5. The van der Waals surface area contributed by atoms with Gasteiger partial charge in [0.15, 0.2) is 0 Å². The summed E-state index contributed by atoms with van der Waals surface area (Å²) in [4.78, 5) is 26.9. The number of hydrogen-bond donors (Lipinski definition) is 1. The SMILES string of the molecule is COC(=O)c1c(NC(=O)C2CCCN(S(=O)(=O)c3ccc(Cl)cc3)C2)sc2c1CCC(C)C2. The Hall–Kier alpha value is -1.94. The fourth-order valence-corrected chi connectivity index (χ4v) is 7.55. The van der Waals surface area contributed by atoms with Crippen molar-refractivity contribution >= 4 is 49.8 Å². The van der Waals surface area contributed by atoms with Gasteiger partial charge in [0.05, 0.1) is 23.5 Å². The molecule has 4 rings (SSSR count). The molecule has 2 unspecified atom stereocenters. The summed E-state index contributed by atoms with van der Waals surface area (Å²) >= 11 is 7.32. The van der Waals surface area contributed by atoms with E-state index in [1.807, 2.05) is 0 Å². The zero-order valence-electron chi connectivity index (χ0n) is 18.6. The van der Waals surface area contributed by atoms with Gasteiger partial charge in [0.25, 0.3) is 0 Å². The topological polar surface area (TPSA) is 92.8 Å². The zero-order valence-corrected chi connectivity index (χ0v) is 21.0. The van der Waals surface area contributed by atoms with Crippen LogP contribution in [0, 0.1) is 11.8 Å². The lowest BCUT2D eigenvalue weighted by molar-refractivity contribution is -0.120. The normalized spacial score (nSPS) is 21.3. The molecule has 0 saturated carbocycles. The first-order valence-electron chi connectivity index (χ1n) is 11.0. The van der Waals surface area contributed by atoms with Crippen molar-refractivity contribution in [1.82, 2.24) is 4.31 Å². The smallest absolute Gasteiger partial charge is 0.341 e. The van der Waals surface area contributed by atoms with Crippen LogP contribution in [0.25, 0.3) is 0 Å². The number of sulfonamides is 1. The minimum Gasteiger partial charge on any atom is -0.465 e. The number of fused-ring (bicyclic) bond motifs is 1. The first kappa shape index (κ1) is 24.2. The van der Waals surface area contributed by atoms with Gasteiger partial charge in [-0.2, -0.15) is 4.31 Å². The van der Waals surface area contributed by atoms with Crippen LogP contribution in [0.1, 0.15) is 47.0 Å². The van der Waals surface area contributed by atoms with Gasteiger partial charge in [0.1, 0.15) is 5.00 Å². The number of methoxy groups -OCH3 is 1. The Morgan fingerprint density at radius 1 is 1.21 bits per heavy atom. The van der Waals surface area contributed by atoms with E-state index in [-0.39, 0.29) is 17.3 Å². The fourth-order valence-electron chi connectivity index (χ4n) is 4.50. The molecule has 1 N–H and O–H groups in total. The molecule has 0 bridgehead atoms. The van der Waals surface area contributed by atoms with Crippen LogP contribution in [-0.4, -0.2) is 44.8 Å². The lowest BCUT2D eigenvalue weighted by Crippen LogP contribution is -2.43. The molecule has 2 aliphatic rings. The molecule has 1 saturated heterocycles. The maximum absolute atomic E-state index is 13.2. The second-order valence-electron chi connectivity index (χ2n) is 8.69. The number of anilines is 1. The monoisotopic (exact) mass is 510 g/mol. The highest BCUT2D eigenvalue weighted by atomic mass is 35.5. The first-order chi connectivity index (χ1) is 15.7. The Morgan fingerprint density at radius 3 is 2.64 bits per heavy atom. The number of hydrogen-bond acceptors (Lipinski definition) is 6. The largest absolute Gasteiger partial charge is 0.465 e. The summed E-state index contributed by atoms with van der Waals surface area (Å²) in [6.45, 7) is 2.62. The van der Waals surface area contributed by atoms with Gasteiger partial charge < -0.3 is 10.1 Å². The third-order valence-corrected chi connectivity index (χ3v) is 9.65. The minimum atomic E-state index is -3.73. The number of ether oxygens (including phenoxy) is 1. The van der Waals surface area contributed by atoms with Gasteiger partial charge >= 0.3 is 5.97 Å². The summed E-state index contributed by atoms with van der Waals surface area (Å²) < 4.78 is 32.5. The van der Waals surface area contributed by atoms with Crippen molar-refractivity contribution in [2.24, 2.45) is 11.8 Å². The second-order valence-corrected chi connectivity index (χ2v) is 12.2. The molecule has 1 aromatic heterocycles. The van der Waals surface area contributed by atoms with Crippen LogP contribution in [0.3, 0.4) is 0 Å². The second kappa shape index (κ2) is 9.74.